The van der Waals surface area contributed by atoms with Gasteiger partial charge in [-0.1, -0.05) is 29.3 Å². The van der Waals surface area contributed by atoms with E-state index >= 15 is 0 Å². The summed E-state index contributed by atoms with van der Waals surface area (Å²) in [5, 5.41) is 18.4. The van der Waals surface area contributed by atoms with Crippen LogP contribution in [-0.2, 0) is 0 Å². The number of halogens is 2. The molecule has 0 aromatic heterocycles. The number of rotatable bonds is 1. The van der Waals surface area contributed by atoms with Crippen LogP contribution in [0.1, 0.15) is 17.0 Å². The Morgan fingerprint density at radius 1 is 1.14 bits per heavy atom. The van der Waals surface area contributed by atoms with Crippen molar-refractivity contribution in [1.82, 2.24) is 0 Å². The molecular weight excluding hydrogens is 321 g/mol. The van der Waals surface area contributed by atoms with E-state index in [1.54, 1.807) is 36.4 Å². The zero-order chi connectivity index (χ0) is 15.9. The molecule has 0 aliphatic carbocycles. The van der Waals surface area contributed by atoms with E-state index in [-0.39, 0.29) is 11.8 Å². The minimum absolute atomic E-state index is 0.110. The van der Waals surface area contributed by atoms with Crippen molar-refractivity contribution >= 4 is 34.8 Å². The first kappa shape index (κ1) is 14.7. The van der Waals surface area contributed by atoms with Gasteiger partial charge in [0.1, 0.15) is 11.7 Å². The number of nitrogens with one attached hydrogen (secondary N) is 1. The van der Waals surface area contributed by atoms with Crippen molar-refractivity contribution in [1.29, 1.82) is 10.7 Å². The highest BCUT2D eigenvalue weighted by Gasteiger charge is 2.37. The highest BCUT2D eigenvalue weighted by atomic mass is 35.5. The molecule has 4 nitrogen and oxygen atoms in total. The Bertz CT molecular complexity index is 793. The fraction of sp³-hybridized carbons (Fsp3) is 0.125. The summed E-state index contributed by atoms with van der Waals surface area (Å²) in [4.78, 5) is 0. The third-order valence-corrected chi connectivity index (χ3v) is 4.03. The van der Waals surface area contributed by atoms with E-state index in [0.717, 1.165) is 11.1 Å². The Hall–Kier alpha value is -2.22. The van der Waals surface area contributed by atoms with Gasteiger partial charge in [-0.3, -0.25) is 5.41 Å². The third kappa shape index (κ3) is 2.50. The lowest BCUT2D eigenvalue weighted by Gasteiger charge is -2.30. The van der Waals surface area contributed by atoms with Crippen molar-refractivity contribution in [2.24, 2.45) is 5.92 Å². The number of anilines is 1. The minimum atomic E-state index is -0.745. The van der Waals surface area contributed by atoms with E-state index in [0.29, 0.717) is 21.5 Å². The number of ether oxygens (including phenoxy) is 1. The van der Waals surface area contributed by atoms with Gasteiger partial charge in [0, 0.05) is 33.3 Å². The van der Waals surface area contributed by atoms with Crippen molar-refractivity contribution < 1.29 is 4.74 Å². The maximum absolute atomic E-state index is 9.45. The van der Waals surface area contributed by atoms with E-state index in [9.17, 15) is 5.26 Å². The van der Waals surface area contributed by atoms with Gasteiger partial charge in [0.2, 0.25) is 5.90 Å². The normalized spacial score (nSPS) is 20.0. The number of hydrogen-bond acceptors (Lipinski definition) is 4. The molecule has 0 saturated heterocycles. The van der Waals surface area contributed by atoms with E-state index in [2.05, 4.69) is 6.07 Å². The van der Waals surface area contributed by atoms with Crippen LogP contribution >= 0.6 is 23.2 Å². The van der Waals surface area contributed by atoms with Gasteiger partial charge in [0.15, 0.2) is 0 Å². The van der Waals surface area contributed by atoms with Crippen LogP contribution in [0.2, 0.25) is 10.0 Å². The second-order valence-corrected chi connectivity index (χ2v) is 5.92. The Labute approximate surface area is 137 Å². The largest absolute Gasteiger partial charge is 0.442 e. The van der Waals surface area contributed by atoms with Gasteiger partial charge in [0.05, 0.1) is 6.07 Å². The first-order valence-electron chi connectivity index (χ1n) is 6.51. The van der Waals surface area contributed by atoms with Gasteiger partial charge >= 0.3 is 0 Å². The first-order chi connectivity index (χ1) is 10.5. The summed E-state index contributed by atoms with van der Waals surface area (Å²) in [5.74, 6) is -0.747. The number of benzene rings is 2. The predicted molar refractivity (Wildman–Crippen MR) is 86.6 cm³/mol. The molecule has 2 aromatic rings. The molecule has 110 valence electrons. The van der Waals surface area contributed by atoms with Crippen LogP contribution in [0, 0.1) is 22.7 Å². The average Bonchev–Trinajstić information content (AvgIpc) is 2.44. The van der Waals surface area contributed by atoms with E-state index in [1.807, 2.05) is 0 Å². The van der Waals surface area contributed by atoms with Crippen molar-refractivity contribution in [2.45, 2.75) is 5.92 Å². The lowest BCUT2D eigenvalue weighted by Crippen LogP contribution is -2.31. The van der Waals surface area contributed by atoms with Gasteiger partial charge in [-0.25, -0.2) is 0 Å². The van der Waals surface area contributed by atoms with E-state index in [4.69, 9.17) is 39.1 Å². The fourth-order valence-electron chi connectivity index (χ4n) is 2.67. The van der Waals surface area contributed by atoms with Gasteiger partial charge in [-0.15, -0.1) is 0 Å². The zero-order valence-electron chi connectivity index (χ0n) is 11.3. The van der Waals surface area contributed by atoms with Crippen LogP contribution in [0.4, 0.5) is 5.69 Å². The summed E-state index contributed by atoms with van der Waals surface area (Å²) in [7, 11) is 0. The van der Waals surface area contributed by atoms with Crippen molar-refractivity contribution in [3.63, 3.8) is 0 Å². The highest BCUT2D eigenvalue weighted by molar-refractivity contribution is 6.34. The summed E-state index contributed by atoms with van der Waals surface area (Å²) < 4.78 is 5.44. The highest BCUT2D eigenvalue weighted by Crippen LogP contribution is 2.43. The van der Waals surface area contributed by atoms with E-state index < -0.39 is 5.92 Å². The summed E-state index contributed by atoms with van der Waals surface area (Å²) in [6.45, 7) is 0. The molecule has 3 rings (SSSR count). The van der Waals surface area contributed by atoms with Crippen LogP contribution in [-0.4, -0.2) is 5.90 Å². The van der Waals surface area contributed by atoms with Gasteiger partial charge in [-0.2, -0.15) is 5.26 Å². The Balaban J connectivity index is 2.22. The van der Waals surface area contributed by atoms with Gasteiger partial charge in [0.25, 0.3) is 0 Å². The maximum Gasteiger partial charge on any atom is 0.205 e. The van der Waals surface area contributed by atoms with Gasteiger partial charge < -0.3 is 10.5 Å². The SMILES string of the molecule is N#CC1C(=N)Oc2cc(N)ccc2C1c1cc(Cl)cc(Cl)c1. The number of nitrogen functional groups attached to an aromatic ring is 1. The monoisotopic (exact) mass is 331 g/mol. The molecule has 2 unspecified atom stereocenters. The van der Waals surface area contributed by atoms with Crippen LogP contribution < -0.4 is 10.5 Å². The second kappa shape index (κ2) is 5.53. The smallest absolute Gasteiger partial charge is 0.205 e. The van der Waals surface area contributed by atoms with Crippen LogP contribution in [0.5, 0.6) is 5.75 Å². The molecule has 1 aliphatic heterocycles. The molecule has 1 aliphatic rings. The topological polar surface area (TPSA) is 82.9 Å². The molecule has 1 heterocycles. The molecule has 0 bridgehead atoms. The molecule has 2 atom stereocenters. The third-order valence-electron chi connectivity index (χ3n) is 3.59. The first-order valence-corrected chi connectivity index (χ1v) is 7.26. The molecule has 22 heavy (non-hydrogen) atoms. The molecule has 0 fully saturated rings. The molecule has 2 aromatic carbocycles. The second-order valence-electron chi connectivity index (χ2n) is 5.05. The van der Waals surface area contributed by atoms with Crippen molar-refractivity contribution in [3.8, 4) is 11.8 Å². The number of hydrogen-bond donors (Lipinski definition) is 2. The Morgan fingerprint density at radius 3 is 2.45 bits per heavy atom. The molecular formula is C16H11Cl2N3O. The fourth-order valence-corrected chi connectivity index (χ4v) is 3.21. The molecule has 6 heteroatoms. The number of fused-ring (bicyclic) bond motifs is 1. The number of nitrogens with zero attached hydrogens (tertiary/aromatic N) is 1. The summed E-state index contributed by atoms with van der Waals surface area (Å²) >= 11 is 12.2. The standard InChI is InChI=1S/C16H11Cl2N3O/c17-9-3-8(4-10(18)5-9)15-12-2-1-11(20)6-14(12)22-16(21)13(15)7-19/h1-6,13,15,21H,20H2. The van der Waals surface area contributed by atoms with Crippen LogP contribution in [0.3, 0.4) is 0 Å². The van der Waals surface area contributed by atoms with Crippen molar-refractivity contribution in [3.05, 3.63) is 57.6 Å². The predicted octanol–water partition coefficient (Wildman–Crippen LogP) is 4.22. The van der Waals surface area contributed by atoms with Gasteiger partial charge in [-0.05, 0) is 29.8 Å². The molecule has 0 radical (unpaired) electrons. The maximum atomic E-state index is 9.45. The number of nitriles is 1. The minimum Gasteiger partial charge on any atom is -0.442 e. The summed E-state index contributed by atoms with van der Waals surface area (Å²) in [5.41, 5.74) is 7.86. The van der Waals surface area contributed by atoms with Crippen molar-refractivity contribution in [2.75, 3.05) is 5.73 Å². The quantitative estimate of drug-likeness (QED) is 0.767. The molecule has 0 spiro atoms. The van der Waals surface area contributed by atoms with Crippen LogP contribution in [0.15, 0.2) is 36.4 Å². The molecule has 0 saturated carbocycles. The molecule has 0 amide bonds. The zero-order valence-corrected chi connectivity index (χ0v) is 12.8. The van der Waals surface area contributed by atoms with E-state index in [1.165, 1.54) is 0 Å². The van der Waals surface area contributed by atoms with Crippen LogP contribution in [0.25, 0.3) is 0 Å². The Morgan fingerprint density at radius 2 is 1.82 bits per heavy atom. The summed E-state index contributed by atoms with van der Waals surface area (Å²) in [6.07, 6.45) is 0. The molecule has 3 N–H and O–H groups in total. The number of nitrogens with two attached hydrogens (primary N) is 1. The Kier molecular flexibility index (Phi) is 3.69. The lowest BCUT2D eigenvalue weighted by molar-refractivity contribution is 0.451. The summed E-state index contributed by atoms with van der Waals surface area (Å²) in [6, 6.07) is 12.5. The average molecular weight is 332 g/mol. The lowest BCUT2D eigenvalue weighted by atomic mass is 9.79.